The molecule has 0 radical (unpaired) electrons. The fourth-order valence-corrected chi connectivity index (χ4v) is 2.30. The Morgan fingerprint density at radius 2 is 2.24 bits per heavy atom. The van der Waals surface area contributed by atoms with Crippen molar-refractivity contribution in [1.29, 1.82) is 0 Å². The molecule has 0 bridgehead atoms. The molecule has 2 N–H and O–H groups in total. The summed E-state index contributed by atoms with van der Waals surface area (Å²) in [4.78, 5) is 13.6. The maximum Gasteiger partial charge on any atom is 0.239 e. The number of amides is 1. The van der Waals surface area contributed by atoms with Crippen LogP contribution in [0.15, 0.2) is 18.5 Å². The first-order valence-corrected chi connectivity index (χ1v) is 6.18. The van der Waals surface area contributed by atoms with E-state index in [0.717, 1.165) is 32.5 Å². The number of aromatic nitrogens is 2. The van der Waals surface area contributed by atoms with Crippen molar-refractivity contribution in [3.63, 3.8) is 0 Å². The molecule has 1 saturated heterocycles. The third-order valence-electron chi connectivity index (χ3n) is 3.32. The van der Waals surface area contributed by atoms with Gasteiger partial charge in [0.25, 0.3) is 0 Å². The van der Waals surface area contributed by atoms with E-state index in [1.807, 2.05) is 21.8 Å². The van der Waals surface area contributed by atoms with Crippen LogP contribution in [0, 0.1) is 5.92 Å². The van der Waals surface area contributed by atoms with Gasteiger partial charge in [0.1, 0.15) is 0 Å². The van der Waals surface area contributed by atoms with Gasteiger partial charge in [0.05, 0.1) is 6.04 Å². The predicted molar refractivity (Wildman–Crippen MR) is 65.2 cm³/mol. The molecule has 0 unspecified atom stereocenters. The SMILES string of the molecule is C[C@@H](N)C(=O)N1CCC(Cn2cccn2)CC1. The number of nitrogens with two attached hydrogens (primary N) is 1. The standard InChI is InChI=1S/C12H20N4O/c1-10(13)12(17)15-7-3-11(4-8-15)9-16-6-2-5-14-16/h2,5-6,10-11H,3-4,7-9,13H2,1H3/t10-/m1/s1. The molecule has 2 rings (SSSR count). The molecule has 1 amide bonds. The van der Waals surface area contributed by atoms with Crippen LogP contribution in [0.1, 0.15) is 19.8 Å². The van der Waals surface area contributed by atoms with E-state index in [-0.39, 0.29) is 11.9 Å². The quantitative estimate of drug-likeness (QED) is 0.829. The monoisotopic (exact) mass is 236 g/mol. The summed E-state index contributed by atoms with van der Waals surface area (Å²) in [5.74, 6) is 0.689. The Hall–Kier alpha value is -1.36. The van der Waals surface area contributed by atoms with Crippen LogP contribution in [-0.4, -0.2) is 39.7 Å². The van der Waals surface area contributed by atoms with Crippen molar-refractivity contribution < 1.29 is 4.79 Å². The van der Waals surface area contributed by atoms with E-state index < -0.39 is 0 Å². The van der Waals surface area contributed by atoms with Crippen molar-refractivity contribution in [2.45, 2.75) is 32.4 Å². The smallest absolute Gasteiger partial charge is 0.239 e. The maximum absolute atomic E-state index is 11.7. The van der Waals surface area contributed by atoms with Gasteiger partial charge in [0, 0.05) is 32.0 Å². The zero-order chi connectivity index (χ0) is 12.3. The average Bonchev–Trinajstić information content (AvgIpc) is 2.82. The molecule has 1 atom stereocenters. The van der Waals surface area contributed by atoms with Crippen LogP contribution in [0.25, 0.3) is 0 Å². The molecule has 5 nitrogen and oxygen atoms in total. The summed E-state index contributed by atoms with van der Waals surface area (Å²) >= 11 is 0. The largest absolute Gasteiger partial charge is 0.341 e. The molecule has 1 aromatic heterocycles. The highest BCUT2D eigenvalue weighted by Crippen LogP contribution is 2.19. The Labute approximate surface area is 102 Å². The normalized spacial score (nSPS) is 19.3. The highest BCUT2D eigenvalue weighted by molar-refractivity contribution is 5.81. The molecule has 0 saturated carbocycles. The van der Waals surface area contributed by atoms with E-state index in [4.69, 9.17) is 5.73 Å². The second kappa shape index (κ2) is 5.31. The zero-order valence-corrected chi connectivity index (χ0v) is 10.2. The van der Waals surface area contributed by atoms with Crippen LogP contribution in [0.2, 0.25) is 0 Å². The zero-order valence-electron chi connectivity index (χ0n) is 10.2. The Morgan fingerprint density at radius 1 is 1.53 bits per heavy atom. The average molecular weight is 236 g/mol. The molecular weight excluding hydrogens is 216 g/mol. The fourth-order valence-electron chi connectivity index (χ4n) is 2.30. The minimum atomic E-state index is -0.377. The molecule has 17 heavy (non-hydrogen) atoms. The van der Waals surface area contributed by atoms with Crippen LogP contribution in [0.5, 0.6) is 0 Å². The number of hydrogen-bond donors (Lipinski definition) is 1. The minimum Gasteiger partial charge on any atom is -0.341 e. The van der Waals surface area contributed by atoms with Crippen LogP contribution in [0.4, 0.5) is 0 Å². The van der Waals surface area contributed by atoms with Gasteiger partial charge in [0.2, 0.25) is 5.91 Å². The summed E-state index contributed by atoms with van der Waals surface area (Å²) in [5, 5.41) is 4.21. The van der Waals surface area contributed by atoms with Gasteiger partial charge in [-0.15, -0.1) is 0 Å². The van der Waals surface area contributed by atoms with Crippen molar-refractivity contribution in [2.75, 3.05) is 13.1 Å². The van der Waals surface area contributed by atoms with Gasteiger partial charge in [-0.3, -0.25) is 9.48 Å². The van der Waals surface area contributed by atoms with Crippen LogP contribution < -0.4 is 5.73 Å². The lowest BCUT2D eigenvalue weighted by Crippen LogP contribution is -2.46. The second-order valence-electron chi connectivity index (χ2n) is 4.79. The molecule has 0 aliphatic carbocycles. The van der Waals surface area contributed by atoms with Crippen LogP contribution in [0.3, 0.4) is 0 Å². The predicted octanol–water partition coefficient (Wildman–Crippen LogP) is 0.469. The summed E-state index contributed by atoms with van der Waals surface area (Å²) in [6, 6.07) is 1.56. The third kappa shape index (κ3) is 3.06. The molecule has 0 aromatic carbocycles. The second-order valence-corrected chi connectivity index (χ2v) is 4.79. The van der Waals surface area contributed by atoms with Gasteiger partial charge < -0.3 is 10.6 Å². The van der Waals surface area contributed by atoms with E-state index >= 15 is 0 Å². The minimum absolute atomic E-state index is 0.0718. The Bertz CT molecular complexity index is 353. The molecule has 1 aromatic rings. The first-order chi connectivity index (χ1) is 8.16. The number of rotatable bonds is 3. The van der Waals surface area contributed by atoms with Crippen molar-refractivity contribution in [2.24, 2.45) is 11.7 Å². The van der Waals surface area contributed by atoms with E-state index in [1.54, 1.807) is 13.1 Å². The van der Waals surface area contributed by atoms with Gasteiger partial charge in [-0.25, -0.2) is 0 Å². The van der Waals surface area contributed by atoms with E-state index in [2.05, 4.69) is 5.10 Å². The van der Waals surface area contributed by atoms with Crippen LogP contribution >= 0.6 is 0 Å². The summed E-state index contributed by atoms with van der Waals surface area (Å²) in [7, 11) is 0. The lowest BCUT2D eigenvalue weighted by atomic mass is 9.96. The molecule has 1 fully saturated rings. The summed E-state index contributed by atoms with van der Waals surface area (Å²) in [6.45, 7) is 4.35. The molecule has 0 spiro atoms. The van der Waals surface area contributed by atoms with E-state index in [1.165, 1.54) is 0 Å². The maximum atomic E-state index is 11.7. The van der Waals surface area contributed by atoms with Crippen molar-refractivity contribution in [1.82, 2.24) is 14.7 Å². The first kappa shape index (κ1) is 12.1. The number of carbonyl (C=O) groups excluding carboxylic acids is 1. The summed E-state index contributed by atoms with van der Waals surface area (Å²) < 4.78 is 1.97. The summed E-state index contributed by atoms with van der Waals surface area (Å²) in [5.41, 5.74) is 5.61. The van der Waals surface area contributed by atoms with Crippen molar-refractivity contribution >= 4 is 5.91 Å². The number of piperidine rings is 1. The molecule has 94 valence electrons. The molecule has 1 aliphatic rings. The Kier molecular flexibility index (Phi) is 3.78. The number of nitrogens with zero attached hydrogens (tertiary/aromatic N) is 3. The van der Waals surface area contributed by atoms with E-state index in [0.29, 0.717) is 5.92 Å². The van der Waals surface area contributed by atoms with Gasteiger partial charge >= 0.3 is 0 Å². The van der Waals surface area contributed by atoms with Gasteiger partial charge in [0.15, 0.2) is 0 Å². The third-order valence-corrected chi connectivity index (χ3v) is 3.32. The van der Waals surface area contributed by atoms with Gasteiger partial charge in [-0.1, -0.05) is 0 Å². The lowest BCUT2D eigenvalue weighted by molar-refractivity contribution is -0.133. The van der Waals surface area contributed by atoms with Gasteiger partial charge in [-0.05, 0) is 31.7 Å². The number of likely N-dealkylation sites (tertiary alicyclic amines) is 1. The van der Waals surface area contributed by atoms with E-state index in [9.17, 15) is 4.79 Å². The molecule has 2 heterocycles. The van der Waals surface area contributed by atoms with Crippen LogP contribution in [-0.2, 0) is 11.3 Å². The van der Waals surface area contributed by atoms with Gasteiger partial charge in [-0.2, -0.15) is 5.10 Å². The highest BCUT2D eigenvalue weighted by atomic mass is 16.2. The Morgan fingerprint density at radius 3 is 2.76 bits per heavy atom. The lowest BCUT2D eigenvalue weighted by Gasteiger charge is -2.32. The first-order valence-electron chi connectivity index (χ1n) is 6.18. The Balaban J connectivity index is 1.80. The highest BCUT2D eigenvalue weighted by Gasteiger charge is 2.24. The molecule has 5 heteroatoms. The van der Waals surface area contributed by atoms with Crippen molar-refractivity contribution in [3.8, 4) is 0 Å². The molecular formula is C12H20N4O. The molecule has 1 aliphatic heterocycles. The van der Waals surface area contributed by atoms with Crippen molar-refractivity contribution in [3.05, 3.63) is 18.5 Å². The topological polar surface area (TPSA) is 64.2 Å². The number of hydrogen-bond acceptors (Lipinski definition) is 3. The summed E-state index contributed by atoms with van der Waals surface area (Å²) in [6.07, 6.45) is 5.87. The fraction of sp³-hybridized carbons (Fsp3) is 0.667. The number of carbonyl (C=O) groups is 1.